The molecule has 3 nitrogen and oxygen atoms in total. The van der Waals surface area contributed by atoms with Gasteiger partial charge >= 0.3 is 0 Å². The third-order valence-electron chi connectivity index (χ3n) is 3.30. The van der Waals surface area contributed by atoms with E-state index in [1.54, 1.807) is 0 Å². The summed E-state index contributed by atoms with van der Waals surface area (Å²) in [4.78, 5) is 12.3. The van der Waals surface area contributed by atoms with Gasteiger partial charge in [-0.15, -0.1) is 0 Å². The van der Waals surface area contributed by atoms with Gasteiger partial charge in [-0.2, -0.15) is 0 Å². The summed E-state index contributed by atoms with van der Waals surface area (Å²) in [5.74, 6) is -0.0758. The van der Waals surface area contributed by atoms with Gasteiger partial charge in [0.05, 0.1) is 6.04 Å². The van der Waals surface area contributed by atoms with E-state index in [4.69, 9.17) is 5.73 Å². The van der Waals surface area contributed by atoms with E-state index in [1.807, 2.05) is 56.3 Å². The van der Waals surface area contributed by atoms with E-state index in [0.717, 1.165) is 21.3 Å². The summed E-state index contributed by atoms with van der Waals surface area (Å²) in [6.45, 7) is 3.88. The van der Waals surface area contributed by atoms with Gasteiger partial charge in [0.25, 0.3) is 5.91 Å². The van der Waals surface area contributed by atoms with E-state index < -0.39 is 0 Å². The van der Waals surface area contributed by atoms with Gasteiger partial charge in [-0.3, -0.25) is 4.79 Å². The van der Waals surface area contributed by atoms with Gasteiger partial charge in [0.15, 0.2) is 0 Å². The Kier molecular flexibility index (Phi) is 4.45. The predicted molar refractivity (Wildman–Crippen MR) is 85.6 cm³/mol. The van der Waals surface area contributed by atoms with Crippen LogP contribution in [0.25, 0.3) is 0 Å². The van der Waals surface area contributed by atoms with Crippen LogP contribution in [-0.4, -0.2) is 5.91 Å². The Balaban J connectivity index is 2.15. The normalized spacial score (nSPS) is 11.9. The van der Waals surface area contributed by atoms with Gasteiger partial charge < -0.3 is 11.1 Å². The van der Waals surface area contributed by atoms with Crippen molar-refractivity contribution in [1.82, 2.24) is 5.32 Å². The highest BCUT2D eigenvalue weighted by Gasteiger charge is 2.14. The van der Waals surface area contributed by atoms with E-state index in [0.29, 0.717) is 5.56 Å². The highest BCUT2D eigenvalue weighted by Crippen LogP contribution is 2.21. The molecule has 0 saturated heterocycles. The SMILES string of the molecule is Cc1c(Br)cccc1C(=O)NC(C)c1ccc(N)cc1. The number of carbonyl (C=O) groups excluding carboxylic acids is 1. The second-order valence-electron chi connectivity index (χ2n) is 4.77. The molecule has 2 aromatic rings. The van der Waals surface area contributed by atoms with E-state index in [1.165, 1.54) is 0 Å². The van der Waals surface area contributed by atoms with Crippen LogP contribution >= 0.6 is 15.9 Å². The number of benzene rings is 2. The smallest absolute Gasteiger partial charge is 0.252 e. The molecule has 4 heteroatoms. The summed E-state index contributed by atoms with van der Waals surface area (Å²) in [6.07, 6.45) is 0. The molecule has 0 aliphatic carbocycles. The van der Waals surface area contributed by atoms with Crippen molar-refractivity contribution in [3.8, 4) is 0 Å². The number of hydrogen-bond donors (Lipinski definition) is 2. The molecule has 0 aliphatic heterocycles. The average molecular weight is 333 g/mol. The van der Waals surface area contributed by atoms with Gasteiger partial charge in [0.1, 0.15) is 0 Å². The number of nitrogen functional groups attached to an aromatic ring is 1. The number of nitrogens with two attached hydrogens (primary N) is 1. The summed E-state index contributed by atoms with van der Waals surface area (Å²) in [7, 11) is 0. The lowest BCUT2D eigenvalue weighted by atomic mass is 10.1. The summed E-state index contributed by atoms with van der Waals surface area (Å²) in [5, 5.41) is 3.00. The molecule has 2 rings (SSSR count). The van der Waals surface area contributed by atoms with Crippen molar-refractivity contribution in [3.05, 3.63) is 63.6 Å². The van der Waals surface area contributed by atoms with Crippen molar-refractivity contribution in [2.24, 2.45) is 0 Å². The maximum absolute atomic E-state index is 12.3. The van der Waals surface area contributed by atoms with Crippen LogP contribution in [0.2, 0.25) is 0 Å². The number of amides is 1. The van der Waals surface area contributed by atoms with Crippen LogP contribution in [0.15, 0.2) is 46.9 Å². The minimum absolute atomic E-state index is 0.0681. The monoisotopic (exact) mass is 332 g/mol. The number of carbonyl (C=O) groups is 1. The molecule has 2 aromatic carbocycles. The molecular formula is C16H17BrN2O. The Labute approximate surface area is 127 Å². The van der Waals surface area contributed by atoms with Crippen molar-refractivity contribution in [3.63, 3.8) is 0 Å². The van der Waals surface area contributed by atoms with Gasteiger partial charge in [0, 0.05) is 15.7 Å². The first-order valence-corrected chi connectivity index (χ1v) is 7.19. The third-order valence-corrected chi connectivity index (χ3v) is 4.16. The lowest BCUT2D eigenvalue weighted by Gasteiger charge is -2.16. The van der Waals surface area contributed by atoms with Crippen LogP contribution in [0.4, 0.5) is 5.69 Å². The first-order valence-electron chi connectivity index (χ1n) is 6.40. The Morgan fingerprint density at radius 3 is 2.50 bits per heavy atom. The molecule has 20 heavy (non-hydrogen) atoms. The summed E-state index contributed by atoms with van der Waals surface area (Å²) < 4.78 is 0.935. The molecule has 0 saturated carbocycles. The quantitative estimate of drug-likeness (QED) is 0.839. The second kappa shape index (κ2) is 6.09. The number of hydrogen-bond acceptors (Lipinski definition) is 2. The molecule has 0 aromatic heterocycles. The van der Waals surface area contributed by atoms with Crippen LogP contribution in [0.3, 0.4) is 0 Å². The number of rotatable bonds is 3. The topological polar surface area (TPSA) is 55.1 Å². The molecule has 3 N–H and O–H groups in total. The lowest BCUT2D eigenvalue weighted by Crippen LogP contribution is -2.27. The van der Waals surface area contributed by atoms with Crippen molar-refractivity contribution in [2.45, 2.75) is 19.9 Å². The number of anilines is 1. The van der Waals surface area contributed by atoms with Crippen molar-refractivity contribution in [2.75, 3.05) is 5.73 Å². The molecule has 1 amide bonds. The van der Waals surface area contributed by atoms with Crippen LogP contribution < -0.4 is 11.1 Å². The van der Waals surface area contributed by atoms with E-state index in [-0.39, 0.29) is 11.9 Å². The van der Waals surface area contributed by atoms with Gasteiger partial charge in [-0.1, -0.05) is 34.1 Å². The van der Waals surface area contributed by atoms with E-state index in [2.05, 4.69) is 21.2 Å². The van der Waals surface area contributed by atoms with E-state index >= 15 is 0 Å². The fourth-order valence-corrected chi connectivity index (χ4v) is 2.36. The fraction of sp³-hybridized carbons (Fsp3) is 0.188. The van der Waals surface area contributed by atoms with Crippen molar-refractivity contribution < 1.29 is 4.79 Å². The molecule has 0 heterocycles. The Morgan fingerprint density at radius 2 is 1.85 bits per heavy atom. The van der Waals surface area contributed by atoms with Crippen LogP contribution in [0.1, 0.15) is 34.5 Å². The summed E-state index contributed by atoms with van der Waals surface area (Å²) in [6, 6.07) is 13.1. The number of halogens is 1. The lowest BCUT2D eigenvalue weighted by molar-refractivity contribution is 0.0939. The molecule has 0 spiro atoms. The maximum Gasteiger partial charge on any atom is 0.252 e. The average Bonchev–Trinajstić information content (AvgIpc) is 2.42. The van der Waals surface area contributed by atoms with Crippen molar-refractivity contribution in [1.29, 1.82) is 0 Å². The Hall–Kier alpha value is -1.81. The highest BCUT2D eigenvalue weighted by atomic mass is 79.9. The predicted octanol–water partition coefficient (Wildman–Crippen LogP) is 3.83. The summed E-state index contributed by atoms with van der Waals surface area (Å²) in [5.41, 5.74) is 9.03. The fourth-order valence-electron chi connectivity index (χ4n) is 2.00. The maximum atomic E-state index is 12.3. The molecule has 104 valence electrons. The molecule has 0 bridgehead atoms. The van der Waals surface area contributed by atoms with Gasteiger partial charge in [0.2, 0.25) is 0 Å². The van der Waals surface area contributed by atoms with Gasteiger partial charge in [-0.25, -0.2) is 0 Å². The highest BCUT2D eigenvalue weighted by molar-refractivity contribution is 9.10. The molecule has 1 unspecified atom stereocenters. The molecule has 0 fully saturated rings. The van der Waals surface area contributed by atoms with E-state index in [9.17, 15) is 4.79 Å². The molecular weight excluding hydrogens is 316 g/mol. The van der Waals surface area contributed by atoms with Crippen LogP contribution in [0.5, 0.6) is 0 Å². The first-order chi connectivity index (χ1) is 9.49. The minimum atomic E-state index is -0.0758. The summed E-state index contributed by atoms with van der Waals surface area (Å²) >= 11 is 3.44. The standard InChI is InChI=1S/C16H17BrN2O/c1-10-14(4-3-5-15(10)17)16(20)19-11(2)12-6-8-13(18)9-7-12/h3-9,11H,18H2,1-2H3,(H,19,20). The molecule has 0 aliphatic rings. The zero-order valence-electron chi connectivity index (χ0n) is 11.5. The zero-order chi connectivity index (χ0) is 14.7. The Bertz CT molecular complexity index is 623. The first kappa shape index (κ1) is 14.6. The van der Waals surface area contributed by atoms with Crippen LogP contribution in [-0.2, 0) is 0 Å². The molecule has 0 radical (unpaired) electrons. The third kappa shape index (κ3) is 3.20. The van der Waals surface area contributed by atoms with Crippen molar-refractivity contribution >= 4 is 27.5 Å². The zero-order valence-corrected chi connectivity index (χ0v) is 13.1. The largest absolute Gasteiger partial charge is 0.399 e. The molecule has 1 atom stereocenters. The minimum Gasteiger partial charge on any atom is -0.399 e. The Morgan fingerprint density at radius 1 is 1.20 bits per heavy atom. The number of nitrogens with one attached hydrogen (secondary N) is 1. The second-order valence-corrected chi connectivity index (χ2v) is 5.63. The van der Waals surface area contributed by atoms with Gasteiger partial charge in [-0.05, 0) is 49.2 Å². The van der Waals surface area contributed by atoms with Crippen LogP contribution in [0, 0.1) is 6.92 Å².